The van der Waals surface area contributed by atoms with Crippen LogP contribution in [0.4, 0.5) is 11.5 Å². The Balaban J connectivity index is 1.60. The van der Waals surface area contributed by atoms with E-state index in [4.69, 9.17) is 5.73 Å². The van der Waals surface area contributed by atoms with Crippen molar-refractivity contribution in [2.24, 2.45) is 5.92 Å². The zero-order valence-electron chi connectivity index (χ0n) is 18.8. The highest BCUT2D eigenvalue weighted by molar-refractivity contribution is 5.97. The lowest BCUT2D eigenvalue weighted by Crippen LogP contribution is -2.41. The van der Waals surface area contributed by atoms with E-state index in [1.54, 1.807) is 38.1 Å². The molecular weight excluding hydrogens is 440 g/mol. The maximum Gasteiger partial charge on any atom is 0.326 e. The molecule has 0 unspecified atom stereocenters. The monoisotopic (exact) mass is 466 g/mol. The summed E-state index contributed by atoms with van der Waals surface area (Å²) in [6, 6.07) is 6.80. The summed E-state index contributed by atoms with van der Waals surface area (Å²) in [5.41, 5.74) is 7.25. The summed E-state index contributed by atoms with van der Waals surface area (Å²) >= 11 is 0. The molecule has 0 bridgehead atoms. The van der Waals surface area contributed by atoms with Crippen molar-refractivity contribution in [2.45, 2.75) is 39.3 Å². The van der Waals surface area contributed by atoms with Gasteiger partial charge in [0.05, 0.1) is 24.0 Å². The number of aromatic nitrogens is 3. The van der Waals surface area contributed by atoms with E-state index in [-0.39, 0.29) is 48.0 Å². The number of hydrogen-bond donors (Lipinski definition) is 5. The highest BCUT2D eigenvalue weighted by Gasteiger charge is 2.22. The van der Waals surface area contributed by atoms with Gasteiger partial charge in [-0.3, -0.25) is 19.4 Å². The fourth-order valence-corrected chi connectivity index (χ4v) is 3.17. The van der Waals surface area contributed by atoms with Gasteiger partial charge < -0.3 is 26.5 Å². The molecule has 178 valence electrons. The molecule has 0 radical (unpaired) electrons. The molecule has 1 atom stereocenters. The maximum atomic E-state index is 12.5. The van der Waals surface area contributed by atoms with Crippen LogP contribution in [0.2, 0.25) is 0 Å². The summed E-state index contributed by atoms with van der Waals surface area (Å²) in [6.07, 6.45) is 1.64. The number of carbonyl (C=O) groups is 3. The van der Waals surface area contributed by atoms with Gasteiger partial charge in [0.2, 0.25) is 0 Å². The Morgan fingerprint density at radius 3 is 2.53 bits per heavy atom. The smallest absolute Gasteiger partial charge is 0.326 e. The van der Waals surface area contributed by atoms with E-state index in [2.05, 4.69) is 25.6 Å². The second-order valence-corrected chi connectivity index (χ2v) is 8.10. The van der Waals surface area contributed by atoms with Gasteiger partial charge in [0.25, 0.3) is 11.5 Å². The second kappa shape index (κ2) is 10.6. The number of nitrogen functional groups attached to an aromatic ring is 1. The van der Waals surface area contributed by atoms with E-state index in [9.17, 15) is 24.3 Å². The Hall–Kier alpha value is -4.28. The average molecular weight is 466 g/mol. The number of ketones is 1. The highest BCUT2D eigenvalue weighted by atomic mass is 16.4. The van der Waals surface area contributed by atoms with Gasteiger partial charge in [0.1, 0.15) is 17.6 Å². The molecule has 11 heteroatoms. The number of amides is 1. The van der Waals surface area contributed by atoms with Crippen molar-refractivity contribution in [1.29, 1.82) is 0 Å². The molecule has 0 saturated heterocycles. The Morgan fingerprint density at radius 2 is 1.88 bits per heavy atom. The molecule has 0 spiro atoms. The number of pyridine rings is 1. The standard InChI is InChI=1S/C23H26N6O5/c1-12(2)18(30)8-7-16(23(33)34)28-21(31)13-3-5-14(6-4-13)25-10-15-11-26-17-9-19(24)29-22(32)20(17)27-15/h3-6,9,11-12,16,25H,7-8,10H2,1-2H3,(H,28,31)(H,33,34)(H3,24,29,32)/t16-/m1/s1. The lowest BCUT2D eigenvalue weighted by atomic mass is 10.0. The molecule has 0 fully saturated rings. The molecule has 3 aromatic rings. The molecular formula is C23H26N6O5. The van der Waals surface area contributed by atoms with E-state index >= 15 is 0 Å². The first-order chi connectivity index (χ1) is 16.1. The van der Waals surface area contributed by atoms with Crippen LogP contribution in [-0.4, -0.2) is 43.8 Å². The van der Waals surface area contributed by atoms with E-state index in [0.29, 0.717) is 16.9 Å². The third-order valence-electron chi connectivity index (χ3n) is 5.16. The highest BCUT2D eigenvalue weighted by Crippen LogP contribution is 2.13. The van der Waals surface area contributed by atoms with Crippen LogP contribution in [0.15, 0.2) is 41.3 Å². The number of benzene rings is 1. The van der Waals surface area contributed by atoms with Crippen molar-refractivity contribution in [3.05, 3.63) is 58.1 Å². The minimum atomic E-state index is -1.19. The fourth-order valence-electron chi connectivity index (χ4n) is 3.17. The molecule has 2 heterocycles. The van der Waals surface area contributed by atoms with E-state index in [1.165, 1.54) is 12.3 Å². The van der Waals surface area contributed by atoms with Crippen LogP contribution in [0.5, 0.6) is 0 Å². The topological polar surface area (TPSA) is 180 Å². The summed E-state index contributed by atoms with van der Waals surface area (Å²) in [5.74, 6) is -1.78. The summed E-state index contributed by atoms with van der Waals surface area (Å²) in [4.78, 5) is 58.7. The second-order valence-electron chi connectivity index (χ2n) is 8.10. The van der Waals surface area contributed by atoms with E-state index < -0.39 is 23.5 Å². The van der Waals surface area contributed by atoms with Gasteiger partial charge in [-0.2, -0.15) is 0 Å². The number of H-pyrrole nitrogens is 1. The largest absolute Gasteiger partial charge is 0.480 e. The van der Waals surface area contributed by atoms with Crippen LogP contribution in [0.3, 0.4) is 0 Å². The minimum Gasteiger partial charge on any atom is -0.480 e. The molecule has 34 heavy (non-hydrogen) atoms. The van der Waals surface area contributed by atoms with Gasteiger partial charge in [0, 0.05) is 29.7 Å². The molecule has 6 N–H and O–H groups in total. The number of nitrogens with zero attached hydrogens (tertiary/aromatic N) is 2. The van der Waals surface area contributed by atoms with Crippen LogP contribution in [-0.2, 0) is 16.1 Å². The molecule has 3 rings (SSSR count). The van der Waals surface area contributed by atoms with Gasteiger partial charge in [-0.15, -0.1) is 0 Å². The Bertz CT molecular complexity index is 1270. The SMILES string of the molecule is CC(C)C(=O)CC[C@@H](NC(=O)c1ccc(NCc2cnc3cc(N)[nH]c(=O)c3n2)cc1)C(=O)O. The molecule has 0 saturated carbocycles. The molecule has 2 aromatic heterocycles. The van der Waals surface area contributed by atoms with Crippen molar-refractivity contribution < 1.29 is 19.5 Å². The minimum absolute atomic E-state index is 0.0277. The number of carboxylic acid groups (broad SMARTS) is 1. The number of carboxylic acids is 1. The fraction of sp³-hybridized carbons (Fsp3) is 0.304. The summed E-state index contributed by atoms with van der Waals surface area (Å²) in [7, 11) is 0. The summed E-state index contributed by atoms with van der Waals surface area (Å²) < 4.78 is 0. The van der Waals surface area contributed by atoms with Gasteiger partial charge in [0.15, 0.2) is 5.52 Å². The lowest BCUT2D eigenvalue weighted by molar-refractivity contribution is -0.139. The third-order valence-corrected chi connectivity index (χ3v) is 5.16. The average Bonchev–Trinajstić information content (AvgIpc) is 2.80. The van der Waals surface area contributed by atoms with Gasteiger partial charge in [-0.1, -0.05) is 13.8 Å². The van der Waals surface area contributed by atoms with Crippen LogP contribution in [0, 0.1) is 5.92 Å². The predicted molar refractivity (Wildman–Crippen MR) is 126 cm³/mol. The van der Waals surface area contributed by atoms with Crippen molar-refractivity contribution in [3.63, 3.8) is 0 Å². The Labute approximate surface area is 194 Å². The number of fused-ring (bicyclic) bond motifs is 1. The number of aliphatic carboxylic acids is 1. The van der Waals surface area contributed by atoms with Crippen LogP contribution < -0.4 is 21.9 Å². The summed E-state index contributed by atoms with van der Waals surface area (Å²) in [6.45, 7) is 3.77. The van der Waals surface area contributed by atoms with E-state index in [1.807, 2.05) is 0 Å². The molecule has 0 aliphatic carbocycles. The zero-order chi connectivity index (χ0) is 24.8. The van der Waals surface area contributed by atoms with Crippen LogP contribution >= 0.6 is 0 Å². The number of nitrogens with one attached hydrogen (secondary N) is 3. The van der Waals surface area contributed by atoms with Gasteiger partial charge in [-0.25, -0.2) is 9.78 Å². The van der Waals surface area contributed by atoms with Crippen LogP contribution in [0.1, 0.15) is 42.7 Å². The van der Waals surface area contributed by atoms with Crippen molar-refractivity contribution >= 4 is 40.2 Å². The number of hydrogen-bond acceptors (Lipinski definition) is 8. The number of Topliss-reactive ketones (excluding diaryl/α,β-unsaturated/α-hetero) is 1. The van der Waals surface area contributed by atoms with Crippen molar-refractivity contribution in [2.75, 3.05) is 11.1 Å². The number of carbonyl (C=O) groups excluding carboxylic acids is 2. The Morgan fingerprint density at radius 1 is 1.18 bits per heavy atom. The number of aromatic amines is 1. The molecule has 0 aliphatic rings. The maximum absolute atomic E-state index is 12.5. The number of rotatable bonds is 10. The molecule has 11 nitrogen and oxygen atoms in total. The normalized spacial score (nSPS) is 11.9. The Kier molecular flexibility index (Phi) is 7.57. The van der Waals surface area contributed by atoms with Crippen molar-refractivity contribution in [3.8, 4) is 0 Å². The zero-order valence-corrected chi connectivity index (χ0v) is 18.8. The number of nitrogens with two attached hydrogens (primary N) is 1. The van der Waals surface area contributed by atoms with Gasteiger partial charge >= 0.3 is 5.97 Å². The quantitative estimate of drug-likeness (QED) is 0.297. The van der Waals surface area contributed by atoms with Crippen LogP contribution in [0.25, 0.3) is 11.0 Å². The predicted octanol–water partition coefficient (Wildman–Crippen LogP) is 1.70. The lowest BCUT2D eigenvalue weighted by Gasteiger charge is -2.15. The molecule has 1 aromatic carbocycles. The first kappa shape index (κ1) is 24.4. The first-order valence-electron chi connectivity index (χ1n) is 10.7. The molecule has 0 aliphatic heterocycles. The summed E-state index contributed by atoms with van der Waals surface area (Å²) in [5, 5.41) is 14.9. The van der Waals surface area contributed by atoms with Gasteiger partial charge in [-0.05, 0) is 30.7 Å². The first-order valence-corrected chi connectivity index (χ1v) is 10.7. The number of anilines is 2. The van der Waals surface area contributed by atoms with Crippen molar-refractivity contribution in [1.82, 2.24) is 20.3 Å². The van der Waals surface area contributed by atoms with E-state index in [0.717, 1.165) is 0 Å². The molecule has 1 amide bonds. The third kappa shape index (κ3) is 6.15.